The molecule has 2 rings (SSSR count). The van der Waals surface area contributed by atoms with Gasteiger partial charge >= 0.3 is 0 Å². The molecule has 1 saturated heterocycles. The molecule has 1 aliphatic carbocycles. The van der Waals surface area contributed by atoms with E-state index in [0.717, 1.165) is 13.0 Å². The van der Waals surface area contributed by atoms with Crippen molar-refractivity contribution < 1.29 is 9.90 Å². The molecule has 0 aromatic carbocycles. The third-order valence-corrected chi connectivity index (χ3v) is 4.02. The van der Waals surface area contributed by atoms with Gasteiger partial charge in [-0.2, -0.15) is 0 Å². The smallest absolute Gasteiger partial charge is 0.225 e. The van der Waals surface area contributed by atoms with Crippen molar-refractivity contribution in [3.63, 3.8) is 0 Å². The third-order valence-electron chi connectivity index (χ3n) is 4.02. The lowest BCUT2D eigenvalue weighted by Gasteiger charge is -2.40. The quantitative estimate of drug-likeness (QED) is 0.787. The van der Waals surface area contributed by atoms with Gasteiger partial charge < -0.3 is 15.3 Å². The monoisotopic (exact) mass is 254 g/mol. The summed E-state index contributed by atoms with van der Waals surface area (Å²) in [6.07, 6.45) is 3.16. The number of rotatable bonds is 4. The van der Waals surface area contributed by atoms with E-state index in [0.29, 0.717) is 18.6 Å². The van der Waals surface area contributed by atoms with E-state index in [1.54, 1.807) is 0 Å². The molecule has 4 heteroatoms. The van der Waals surface area contributed by atoms with Gasteiger partial charge in [0.15, 0.2) is 0 Å². The third kappa shape index (κ3) is 3.45. The van der Waals surface area contributed by atoms with Crippen LogP contribution < -0.4 is 5.32 Å². The zero-order valence-electron chi connectivity index (χ0n) is 11.7. The summed E-state index contributed by atoms with van der Waals surface area (Å²) in [7, 11) is 0. The molecule has 2 aliphatic rings. The Hall–Kier alpha value is -0.610. The number of aliphatic hydroxyl groups excluding tert-OH is 1. The number of piperidine rings is 1. The van der Waals surface area contributed by atoms with Crippen molar-refractivity contribution in [3.8, 4) is 0 Å². The number of likely N-dealkylation sites (tertiary alicyclic amines) is 1. The molecule has 0 bridgehead atoms. The van der Waals surface area contributed by atoms with Crippen molar-refractivity contribution in [3.05, 3.63) is 0 Å². The summed E-state index contributed by atoms with van der Waals surface area (Å²) >= 11 is 0. The van der Waals surface area contributed by atoms with Gasteiger partial charge in [0.1, 0.15) is 0 Å². The molecule has 0 aromatic rings. The zero-order valence-corrected chi connectivity index (χ0v) is 11.7. The molecule has 0 radical (unpaired) electrons. The van der Waals surface area contributed by atoms with Crippen LogP contribution in [0.2, 0.25) is 0 Å². The van der Waals surface area contributed by atoms with E-state index in [2.05, 4.69) is 5.32 Å². The summed E-state index contributed by atoms with van der Waals surface area (Å²) in [5.74, 6) is 0.458. The molecule has 1 aliphatic heterocycles. The van der Waals surface area contributed by atoms with Gasteiger partial charge in [-0.25, -0.2) is 0 Å². The second-order valence-electron chi connectivity index (χ2n) is 6.27. The SMILES string of the molecule is CC(C)C(=O)N1CC(NC2CC2)CC(C(C)O)C1. The number of nitrogens with zero attached hydrogens (tertiary/aromatic N) is 1. The van der Waals surface area contributed by atoms with Crippen LogP contribution in [0.1, 0.15) is 40.0 Å². The van der Waals surface area contributed by atoms with Crippen molar-refractivity contribution in [1.29, 1.82) is 0 Å². The number of nitrogens with one attached hydrogen (secondary N) is 1. The fourth-order valence-electron chi connectivity index (χ4n) is 2.74. The van der Waals surface area contributed by atoms with Gasteiger partial charge in [-0.1, -0.05) is 13.8 Å². The first-order chi connectivity index (χ1) is 8.47. The van der Waals surface area contributed by atoms with Crippen LogP contribution in [0.15, 0.2) is 0 Å². The molecule has 2 N–H and O–H groups in total. The highest BCUT2D eigenvalue weighted by molar-refractivity contribution is 5.78. The molecular formula is C14H26N2O2. The molecule has 3 unspecified atom stereocenters. The Kier molecular flexibility index (Phi) is 4.28. The molecule has 1 saturated carbocycles. The average molecular weight is 254 g/mol. The van der Waals surface area contributed by atoms with Gasteiger partial charge in [-0.3, -0.25) is 4.79 Å². The Balaban J connectivity index is 1.98. The van der Waals surface area contributed by atoms with Crippen LogP contribution in [-0.2, 0) is 4.79 Å². The molecule has 18 heavy (non-hydrogen) atoms. The van der Waals surface area contributed by atoms with E-state index in [1.165, 1.54) is 12.8 Å². The van der Waals surface area contributed by atoms with Crippen LogP contribution in [-0.4, -0.2) is 47.2 Å². The summed E-state index contributed by atoms with van der Waals surface area (Å²) < 4.78 is 0. The molecule has 4 nitrogen and oxygen atoms in total. The van der Waals surface area contributed by atoms with Gasteiger partial charge in [0.2, 0.25) is 5.91 Å². The molecule has 0 spiro atoms. The Morgan fingerprint density at radius 3 is 2.39 bits per heavy atom. The van der Waals surface area contributed by atoms with E-state index in [-0.39, 0.29) is 23.8 Å². The van der Waals surface area contributed by atoms with Crippen LogP contribution >= 0.6 is 0 Å². The van der Waals surface area contributed by atoms with Crippen molar-refractivity contribution in [2.75, 3.05) is 13.1 Å². The Morgan fingerprint density at radius 1 is 1.22 bits per heavy atom. The first-order valence-electron chi connectivity index (χ1n) is 7.20. The standard InChI is InChI=1S/C14H26N2O2/c1-9(2)14(18)16-7-11(10(3)17)6-13(8-16)15-12-4-5-12/h9-13,15,17H,4-8H2,1-3H3. The summed E-state index contributed by atoms with van der Waals surface area (Å²) in [5, 5.41) is 13.4. The van der Waals surface area contributed by atoms with E-state index in [1.807, 2.05) is 25.7 Å². The van der Waals surface area contributed by atoms with Gasteiger partial charge in [-0.05, 0) is 26.2 Å². The molecule has 2 fully saturated rings. The average Bonchev–Trinajstić information content (AvgIpc) is 3.11. The number of amides is 1. The van der Waals surface area contributed by atoms with Crippen LogP contribution in [0.4, 0.5) is 0 Å². The van der Waals surface area contributed by atoms with E-state index >= 15 is 0 Å². The molecule has 104 valence electrons. The highest BCUT2D eigenvalue weighted by Gasteiger charge is 2.35. The predicted octanol–water partition coefficient (Wildman–Crippen LogP) is 0.992. The van der Waals surface area contributed by atoms with Crippen LogP contribution in [0.25, 0.3) is 0 Å². The highest BCUT2D eigenvalue weighted by Crippen LogP contribution is 2.26. The maximum Gasteiger partial charge on any atom is 0.225 e. The first-order valence-corrected chi connectivity index (χ1v) is 7.20. The molecule has 1 amide bonds. The number of carbonyl (C=O) groups is 1. The maximum absolute atomic E-state index is 12.1. The second-order valence-corrected chi connectivity index (χ2v) is 6.27. The summed E-state index contributed by atoms with van der Waals surface area (Å²) in [6, 6.07) is 1.01. The van der Waals surface area contributed by atoms with Crippen molar-refractivity contribution in [2.45, 2.75) is 58.2 Å². The highest BCUT2D eigenvalue weighted by atomic mass is 16.3. The van der Waals surface area contributed by atoms with Gasteiger partial charge in [0.25, 0.3) is 0 Å². The van der Waals surface area contributed by atoms with Crippen molar-refractivity contribution in [1.82, 2.24) is 10.2 Å². The molecule has 3 atom stereocenters. The molecule has 0 aromatic heterocycles. The largest absolute Gasteiger partial charge is 0.393 e. The lowest BCUT2D eigenvalue weighted by atomic mass is 9.89. The normalized spacial score (nSPS) is 30.6. The Bertz CT molecular complexity index is 300. The Morgan fingerprint density at radius 2 is 1.89 bits per heavy atom. The number of hydrogen-bond donors (Lipinski definition) is 2. The van der Waals surface area contributed by atoms with Crippen molar-refractivity contribution >= 4 is 5.91 Å². The minimum absolute atomic E-state index is 0.0410. The van der Waals surface area contributed by atoms with Crippen LogP contribution in [0.3, 0.4) is 0 Å². The summed E-state index contributed by atoms with van der Waals surface area (Å²) in [4.78, 5) is 14.1. The number of carbonyl (C=O) groups excluding carboxylic acids is 1. The topological polar surface area (TPSA) is 52.6 Å². The minimum Gasteiger partial charge on any atom is -0.393 e. The van der Waals surface area contributed by atoms with E-state index in [4.69, 9.17) is 0 Å². The van der Waals surface area contributed by atoms with Crippen LogP contribution in [0.5, 0.6) is 0 Å². The summed E-state index contributed by atoms with van der Waals surface area (Å²) in [5.41, 5.74) is 0. The van der Waals surface area contributed by atoms with E-state index < -0.39 is 0 Å². The number of aliphatic hydroxyl groups is 1. The fraction of sp³-hybridized carbons (Fsp3) is 0.929. The molecule has 1 heterocycles. The number of hydrogen-bond acceptors (Lipinski definition) is 3. The first kappa shape index (κ1) is 13.8. The van der Waals surface area contributed by atoms with E-state index in [9.17, 15) is 9.90 Å². The lowest BCUT2D eigenvalue weighted by Crippen LogP contribution is -2.54. The minimum atomic E-state index is -0.337. The fourth-order valence-corrected chi connectivity index (χ4v) is 2.74. The summed E-state index contributed by atoms with van der Waals surface area (Å²) in [6.45, 7) is 7.23. The Labute approximate surface area is 110 Å². The van der Waals surface area contributed by atoms with Crippen LogP contribution in [0, 0.1) is 11.8 Å². The predicted molar refractivity (Wildman–Crippen MR) is 71.2 cm³/mol. The lowest BCUT2D eigenvalue weighted by molar-refractivity contribution is -0.137. The maximum atomic E-state index is 12.1. The zero-order chi connectivity index (χ0) is 13.3. The van der Waals surface area contributed by atoms with Gasteiger partial charge in [-0.15, -0.1) is 0 Å². The second kappa shape index (κ2) is 5.57. The van der Waals surface area contributed by atoms with Gasteiger partial charge in [0.05, 0.1) is 6.10 Å². The molecular weight excluding hydrogens is 228 g/mol. The van der Waals surface area contributed by atoms with Crippen molar-refractivity contribution in [2.24, 2.45) is 11.8 Å². The van der Waals surface area contributed by atoms with Gasteiger partial charge in [0, 0.05) is 37.0 Å².